The number of carbonyl (C=O) groups is 1. The van der Waals surface area contributed by atoms with E-state index in [9.17, 15) is 4.79 Å². The second-order valence-corrected chi connectivity index (χ2v) is 9.09. The number of nitrogens with zero attached hydrogens (tertiary/aromatic N) is 1. The number of amides is 1. The van der Waals surface area contributed by atoms with Crippen molar-refractivity contribution in [1.29, 1.82) is 0 Å². The molecule has 1 heterocycles. The second-order valence-electron chi connectivity index (χ2n) is 9.09. The number of rotatable bonds is 20. The first-order valence-electron chi connectivity index (χ1n) is 12.8. The zero-order valence-corrected chi connectivity index (χ0v) is 20.1. The van der Waals surface area contributed by atoms with Crippen LogP contribution in [0.2, 0.25) is 0 Å². The monoisotopic (exact) mass is 420 g/mol. The molecule has 174 valence electrons. The lowest BCUT2D eigenvalue weighted by molar-refractivity contribution is -0.898. The van der Waals surface area contributed by atoms with Gasteiger partial charge in [-0.25, -0.2) is 0 Å². The highest BCUT2D eigenvalue weighted by Gasteiger charge is 2.36. The summed E-state index contributed by atoms with van der Waals surface area (Å²) in [7, 11) is 0. The van der Waals surface area contributed by atoms with E-state index in [4.69, 9.17) is 0 Å². The minimum atomic E-state index is 0.0659. The Kier molecular flexibility index (Phi) is 15.5. The van der Waals surface area contributed by atoms with Gasteiger partial charge < -0.3 is 10.6 Å². The Morgan fingerprint density at radius 3 is 2.00 bits per heavy atom. The van der Waals surface area contributed by atoms with Gasteiger partial charge in [0.1, 0.15) is 12.7 Å². The van der Waals surface area contributed by atoms with Gasteiger partial charge in [0.2, 0.25) is 5.91 Å². The van der Waals surface area contributed by atoms with Gasteiger partial charge in [-0.05, 0) is 26.2 Å². The molecule has 1 rings (SSSR count). The maximum Gasteiger partial charge on any atom is 0.217 e. The summed E-state index contributed by atoms with van der Waals surface area (Å²) in [5.41, 5.74) is 0. The van der Waals surface area contributed by atoms with Crippen molar-refractivity contribution >= 4 is 5.91 Å². The van der Waals surface area contributed by atoms with E-state index in [0.717, 1.165) is 24.1 Å². The maximum atomic E-state index is 11.2. The molecule has 2 atom stereocenters. The van der Waals surface area contributed by atoms with E-state index in [0.29, 0.717) is 6.17 Å². The zero-order valence-electron chi connectivity index (χ0n) is 20.1. The number of unbranched alkanes of at least 4 members (excludes halogenated alkanes) is 13. The molecule has 0 bridgehead atoms. The van der Waals surface area contributed by atoms with Crippen molar-refractivity contribution in [2.24, 2.45) is 0 Å². The van der Waals surface area contributed by atoms with Crippen LogP contribution in [-0.4, -0.2) is 36.2 Å². The van der Waals surface area contributed by atoms with Crippen LogP contribution in [0.1, 0.15) is 110 Å². The van der Waals surface area contributed by atoms with E-state index in [1.807, 2.05) is 6.08 Å². The van der Waals surface area contributed by atoms with Crippen LogP contribution in [0.4, 0.5) is 0 Å². The van der Waals surface area contributed by atoms with Crippen LogP contribution in [0.3, 0.4) is 0 Å². The first-order valence-corrected chi connectivity index (χ1v) is 12.8. The quantitative estimate of drug-likeness (QED) is 0.136. The van der Waals surface area contributed by atoms with Crippen molar-refractivity contribution in [1.82, 2.24) is 10.6 Å². The van der Waals surface area contributed by atoms with Crippen LogP contribution in [0.5, 0.6) is 0 Å². The fourth-order valence-corrected chi connectivity index (χ4v) is 4.62. The molecule has 0 aliphatic carbocycles. The summed E-state index contributed by atoms with van der Waals surface area (Å²) < 4.78 is 0.953. The molecule has 0 spiro atoms. The van der Waals surface area contributed by atoms with Gasteiger partial charge in [0.25, 0.3) is 0 Å². The number of allylic oxidation sites excluding steroid dienone is 1. The average molecular weight is 421 g/mol. The first-order chi connectivity index (χ1) is 14.6. The van der Waals surface area contributed by atoms with Gasteiger partial charge in [-0.3, -0.25) is 9.28 Å². The largest absolute Gasteiger partial charge is 0.351 e. The predicted molar refractivity (Wildman–Crippen MR) is 130 cm³/mol. The number of hydrogen-bond donors (Lipinski definition) is 2. The summed E-state index contributed by atoms with van der Waals surface area (Å²) in [6.45, 7) is 10.4. The summed E-state index contributed by atoms with van der Waals surface area (Å²) in [6, 6.07) is 0. The highest BCUT2D eigenvalue weighted by Crippen LogP contribution is 2.23. The van der Waals surface area contributed by atoms with Crippen molar-refractivity contribution in [3.05, 3.63) is 25.1 Å². The molecule has 0 saturated carbocycles. The van der Waals surface area contributed by atoms with Crippen molar-refractivity contribution in [3.63, 3.8) is 0 Å². The standard InChI is InChI=1S/C26H49N3O/c1-4-6-7-8-9-10-11-12-13-14-15-16-17-18-19-20-26-28-22-24-29(26,5-2)23-21-27-25(3)30/h4,22,24,26,28H,1,5-21,23H2,2-3H3/p+1. The third-order valence-corrected chi connectivity index (χ3v) is 6.66. The molecule has 1 aliphatic heterocycles. The van der Waals surface area contributed by atoms with Gasteiger partial charge in [-0.15, -0.1) is 6.58 Å². The molecule has 0 radical (unpaired) electrons. The number of hydrogen-bond acceptors (Lipinski definition) is 2. The number of nitrogens with one attached hydrogen (secondary N) is 2. The predicted octanol–water partition coefficient (Wildman–Crippen LogP) is 6.40. The summed E-state index contributed by atoms with van der Waals surface area (Å²) in [5.74, 6) is 0.0659. The molecule has 2 N–H and O–H groups in total. The van der Waals surface area contributed by atoms with Crippen LogP contribution in [0.15, 0.2) is 25.1 Å². The fourth-order valence-electron chi connectivity index (χ4n) is 4.62. The summed E-state index contributed by atoms with van der Waals surface area (Å²) in [5, 5.41) is 6.52. The zero-order chi connectivity index (χ0) is 21.9. The van der Waals surface area contributed by atoms with Crippen LogP contribution in [0.25, 0.3) is 0 Å². The summed E-state index contributed by atoms with van der Waals surface area (Å²) >= 11 is 0. The lowest BCUT2D eigenvalue weighted by atomic mass is 10.0. The van der Waals surface area contributed by atoms with Crippen molar-refractivity contribution in [3.8, 4) is 0 Å². The molecule has 4 nitrogen and oxygen atoms in total. The molecule has 0 aromatic carbocycles. The minimum Gasteiger partial charge on any atom is -0.351 e. The molecule has 0 aromatic heterocycles. The SMILES string of the molecule is C=CCCCCCCCCCCCCCCCC1NC=C[N+]1(CC)CCNC(C)=O. The molecule has 0 saturated heterocycles. The lowest BCUT2D eigenvalue weighted by Gasteiger charge is -2.37. The topological polar surface area (TPSA) is 41.1 Å². The van der Waals surface area contributed by atoms with Gasteiger partial charge in [0, 0.05) is 13.3 Å². The first kappa shape index (κ1) is 26.7. The van der Waals surface area contributed by atoms with Crippen LogP contribution >= 0.6 is 0 Å². The van der Waals surface area contributed by atoms with E-state index in [1.165, 1.54) is 96.3 Å². The van der Waals surface area contributed by atoms with Gasteiger partial charge in [0.05, 0.1) is 19.3 Å². The Hall–Kier alpha value is -1.29. The van der Waals surface area contributed by atoms with Crippen molar-refractivity contribution in [2.75, 3.05) is 19.6 Å². The molecule has 0 aromatic rings. The molecule has 4 heteroatoms. The molecule has 2 unspecified atom stereocenters. The van der Waals surface area contributed by atoms with Gasteiger partial charge >= 0.3 is 0 Å². The molecule has 1 amide bonds. The Balaban J connectivity index is 1.97. The van der Waals surface area contributed by atoms with Crippen molar-refractivity contribution in [2.45, 2.75) is 116 Å². The highest BCUT2D eigenvalue weighted by atomic mass is 16.1. The van der Waals surface area contributed by atoms with E-state index in [1.54, 1.807) is 6.92 Å². The number of likely N-dealkylation sites (N-methyl/N-ethyl adjacent to an activating group) is 1. The Labute approximate surface area is 187 Å². The fraction of sp³-hybridized carbons (Fsp3) is 0.808. The summed E-state index contributed by atoms with van der Waals surface area (Å²) in [4.78, 5) is 11.2. The van der Waals surface area contributed by atoms with Crippen LogP contribution in [-0.2, 0) is 4.79 Å². The molecular weight excluding hydrogens is 370 g/mol. The number of carbonyl (C=O) groups excluding carboxylic acids is 1. The van der Waals surface area contributed by atoms with Gasteiger partial charge in [-0.2, -0.15) is 0 Å². The van der Waals surface area contributed by atoms with Crippen LogP contribution in [0, 0.1) is 0 Å². The van der Waals surface area contributed by atoms with Gasteiger partial charge in [-0.1, -0.05) is 76.7 Å². The Morgan fingerprint density at radius 1 is 0.967 bits per heavy atom. The summed E-state index contributed by atoms with van der Waals surface area (Å²) in [6.07, 6.45) is 27.4. The normalized spacial score (nSPS) is 20.3. The third-order valence-electron chi connectivity index (χ3n) is 6.66. The van der Waals surface area contributed by atoms with E-state index >= 15 is 0 Å². The maximum absolute atomic E-state index is 11.2. The smallest absolute Gasteiger partial charge is 0.217 e. The second kappa shape index (κ2) is 17.4. The molecule has 1 aliphatic rings. The Morgan fingerprint density at radius 2 is 1.50 bits per heavy atom. The van der Waals surface area contributed by atoms with Crippen molar-refractivity contribution < 1.29 is 9.28 Å². The van der Waals surface area contributed by atoms with Gasteiger partial charge in [0.15, 0.2) is 6.17 Å². The van der Waals surface area contributed by atoms with E-state index in [2.05, 4.69) is 36.5 Å². The molecule has 0 fully saturated rings. The lowest BCUT2D eigenvalue weighted by Crippen LogP contribution is -2.55. The average Bonchev–Trinajstić information content (AvgIpc) is 3.13. The molecule has 30 heavy (non-hydrogen) atoms. The van der Waals surface area contributed by atoms with E-state index < -0.39 is 0 Å². The minimum absolute atomic E-state index is 0.0659. The third kappa shape index (κ3) is 11.8. The Bertz CT molecular complexity index is 477. The molecular formula is C26H50N3O+. The highest BCUT2D eigenvalue weighted by molar-refractivity contribution is 5.72. The number of quaternary nitrogens is 1. The van der Waals surface area contributed by atoms with Crippen LogP contribution < -0.4 is 10.6 Å². The van der Waals surface area contributed by atoms with E-state index in [-0.39, 0.29) is 5.91 Å².